The van der Waals surface area contributed by atoms with Gasteiger partial charge in [-0.15, -0.1) is 45.3 Å². The van der Waals surface area contributed by atoms with Crippen molar-refractivity contribution in [2.75, 3.05) is 54.5 Å². The third-order valence-corrected chi connectivity index (χ3v) is 22.6. The van der Waals surface area contributed by atoms with Crippen molar-refractivity contribution in [3.63, 3.8) is 0 Å². The highest BCUT2D eigenvalue weighted by Crippen LogP contribution is 2.35. The molecular weight excluding hydrogens is 1600 g/mol. The first kappa shape index (κ1) is 97.3. The van der Waals surface area contributed by atoms with Crippen molar-refractivity contribution < 1.29 is 72.3 Å². The van der Waals surface area contributed by atoms with E-state index in [1.165, 1.54) is 141 Å². The number of nitrogens with two attached hydrogens (primary N) is 3. The number of nitrogens with one attached hydrogen (secondary N) is 6. The fraction of sp³-hybridized carbons (Fsp3) is 0.524. The van der Waals surface area contributed by atoms with Gasteiger partial charge in [0.15, 0.2) is 20.5 Å². The van der Waals surface area contributed by atoms with E-state index in [4.69, 9.17) is 46.0 Å². The van der Waals surface area contributed by atoms with Crippen molar-refractivity contribution in [1.29, 1.82) is 0 Å². The molecule has 5 aromatic heterocycles. The molecule has 0 saturated heterocycles. The molecule has 0 radical (unpaired) electrons. The van der Waals surface area contributed by atoms with Crippen LogP contribution in [0.25, 0.3) is 10.9 Å². The number of carbonyl (C=O) groups is 8. The van der Waals surface area contributed by atoms with Gasteiger partial charge >= 0.3 is 24.1 Å². The number of fused-ring (bicyclic) bond motifs is 1. The molecule has 0 aliphatic heterocycles. The summed E-state index contributed by atoms with van der Waals surface area (Å²) < 4.78 is 27.2. The Balaban J connectivity index is 0.000000231. The fourth-order valence-electron chi connectivity index (χ4n) is 14.2. The van der Waals surface area contributed by atoms with Crippen molar-refractivity contribution >= 4 is 136 Å². The topological polar surface area (TPSA) is 460 Å². The number of carboxylic acids is 2. The van der Waals surface area contributed by atoms with E-state index in [0.29, 0.717) is 104 Å². The van der Waals surface area contributed by atoms with E-state index in [-0.39, 0.29) is 53.6 Å². The molecule has 119 heavy (non-hydrogen) atoms. The molecule has 3 aromatic carbocycles. The summed E-state index contributed by atoms with van der Waals surface area (Å²) in [5, 5.41) is 44.3. The molecule has 4 aliphatic carbocycles. The zero-order valence-electron chi connectivity index (χ0n) is 68.6. The van der Waals surface area contributed by atoms with Crippen LogP contribution in [0.1, 0.15) is 230 Å². The van der Waals surface area contributed by atoms with Crippen LogP contribution in [0.15, 0.2) is 112 Å². The monoisotopic (exact) mass is 1720 g/mol. The van der Waals surface area contributed by atoms with Crippen molar-refractivity contribution in [3.05, 3.63) is 129 Å². The van der Waals surface area contributed by atoms with Crippen LogP contribution >= 0.6 is 45.3 Å². The summed E-state index contributed by atoms with van der Waals surface area (Å²) in [5.74, 6) is -0.0814. The smallest absolute Gasteiger partial charge is 0.408 e. The minimum atomic E-state index is -1.05. The highest BCUT2D eigenvalue weighted by atomic mass is 32.1. The standard InChI is InChI=1S/C21H24N4O3S.C20H26N4O3S.C17H27N3O3S.C14H25NO4.C8H9NO3.C3H4N2S.CH4/c1-28-17-9-5-8-15-18(17)23-13-25(20(15)27)16(12-14-6-3-2-4-7-14)19(26)24-21-22-10-11-29-21;1-27-16-9-5-8-14(17(16)21)18(25)23-15(12-13-6-3-2-4-7-13)19(26)24-20-22-10-11-28-20;1-17(2,3)23-16(22)19-13(11-12-7-5-4-6-8-12)14(21)20-15-18-9-10-24-15;1-14(2,3)19-13(18)15-11(12(16)17)9-10-7-5-4-6-8-10;1-12-6-4-2-3-5(7(6)9)8(10)11;4-3-5-1-2-6-3;/h5,8-11,13-14,16H,2-4,6-7,12H2,1H3,(H,22,24,26);5,8-11,13,15H,2-4,6-7,12,21H2,1H3,(H,23,25)(H,22,24,26);9-10,12-13H,4-8,11H2,1-3H3,(H,19,22)(H,18,20,21);10-11H,4-9H2,1-3H3,(H,15,18)(H,16,17);2-4H,9H2,1H3,(H,10,11);1-2H,(H2,4,5);1H4. The number of para-hydroxylation sites is 3. The molecule has 8 aromatic rings. The van der Waals surface area contributed by atoms with Crippen LogP contribution < -0.4 is 68.9 Å². The van der Waals surface area contributed by atoms with Crippen molar-refractivity contribution in [1.82, 2.24) is 45.4 Å². The lowest BCUT2D eigenvalue weighted by atomic mass is 9.84. The summed E-state index contributed by atoms with van der Waals surface area (Å²) in [6.07, 6.45) is 32.2. The zero-order chi connectivity index (χ0) is 85.7. The van der Waals surface area contributed by atoms with Gasteiger partial charge in [0.2, 0.25) is 17.7 Å². The number of amides is 6. The van der Waals surface area contributed by atoms with E-state index >= 15 is 0 Å². The first-order chi connectivity index (χ1) is 56.4. The lowest BCUT2D eigenvalue weighted by molar-refractivity contribution is -0.140. The average Bonchev–Trinajstić information content (AvgIpc) is 1.35. The molecule has 5 heterocycles. The number of nitrogen functional groups attached to an aromatic ring is 3. The summed E-state index contributed by atoms with van der Waals surface area (Å²) in [5.41, 5.74) is 16.6. The van der Waals surface area contributed by atoms with Gasteiger partial charge in [-0.25, -0.2) is 44.1 Å². The summed E-state index contributed by atoms with van der Waals surface area (Å²) in [6.45, 7) is 10.7. The SMILES string of the molecule is C.CC(C)(C)OC(=O)NC(CC1CCCCC1)C(=O)Nc1nccs1.CC(C)(C)OC(=O)NC(CC1CCCCC1)C(=O)O.COc1cccc(C(=O)NC(CC2CCCCC2)C(=O)Nc2nccs2)c1N.COc1cccc(C(=O)O)c1N.COc1cccc2c(=O)n(C(CC3CCCCC3)C(=O)Nc3nccs3)cnc12.Nc1nccs1. The lowest BCUT2D eigenvalue weighted by Gasteiger charge is -2.27. The second kappa shape index (κ2) is 49.8. The first-order valence-electron chi connectivity index (χ1n) is 39.8. The maximum Gasteiger partial charge on any atom is 0.408 e. The predicted molar refractivity (Wildman–Crippen MR) is 469 cm³/mol. The number of alkyl carbamates (subject to hydrolysis) is 2. The zero-order valence-corrected chi connectivity index (χ0v) is 71.9. The fourth-order valence-corrected chi connectivity index (χ4v) is 16.2. The molecule has 6 amide bonds. The van der Waals surface area contributed by atoms with E-state index in [1.807, 2.05) is 10.8 Å². The molecular formula is C84H119N15O16S4. The number of benzene rings is 3. The van der Waals surface area contributed by atoms with Gasteiger partial charge in [0.25, 0.3) is 11.5 Å². The predicted octanol–water partition coefficient (Wildman–Crippen LogP) is 16.7. The Hall–Kier alpha value is -10.5. The van der Waals surface area contributed by atoms with Gasteiger partial charge in [-0.1, -0.05) is 154 Å². The van der Waals surface area contributed by atoms with E-state index in [1.54, 1.807) is 133 Å². The van der Waals surface area contributed by atoms with Gasteiger partial charge in [0.1, 0.15) is 58.1 Å². The van der Waals surface area contributed by atoms with Crippen LogP contribution in [0.3, 0.4) is 0 Å². The second-order valence-electron chi connectivity index (χ2n) is 31.0. The lowest BCUT2D eigenvalue weighted by Crippen LogP contribution is -2.46. The number of methoxy groups -OCH3 is 3. The van der Waals surface area contributed by atoms with E-state index in [2.05, 4.69) is 56.8 Å². The van der Waals surface area contributed by atoms with Crippen molar-refractivity contribution in [2.24, 2.45) is 23.7 Å². The Kier molecular flexibility index (Phi) is 40.7. The summed E-state index contributed by atoms with van der Waals surface area (Å²) in [6, 6.07) is 12.2. The maximum atomic E-state index is 13.3. The van der Waals surface area contributed by atoms with Gasteiger partial charge in [-0.2, -0.15) is 0 Å². The van der Waals surface area contributed by atoms with Crippen molar-refractivity contribution in [2.45, 2.75) is 238 Å². The Labute approximate surface area is 711 Å². The third-order valence-electron chi connectivity index (χ3n) is 19.9. The number of hydrogen-bond acceptors (Lipinski definition) is 26. The Morgan fingerprint density at radius 3 is 1.22 bits per heavy atom. The highest BCUT2D eigenvalue weighted by molar-refractivity contribution is 7.14. The summed E-state index contributed by atoms with van der Waals surface area (Å²) in [4.78, 5) is 131. The van der Waals surface area contributed by atoms with Crippen LogP contribution in [0.5, 0.6) is 17.2 Å². The van der Waals surface area contributed by atoms with Crippen LogP contribution in [-0.4, -0.2) is 138 Å². The molecule has 4 fully saturated rings. The number of carbonyl (C=O) groups excluding carboxylic acids is 6. The van der Waals surface area contributed by atoms with E-state index in [0.717, 1.165) is 64.2 Å². The normalized spacial score (nSPS) is 15.4. The highest BCUT2D eigenvalue weighted by Gasteiger charge is 2.33. The molecule has 0 spiro atoms. The number of carboxylic acid groups (broad SMARTS) is 2. The van der Waals surface area contributed by atoms with Crippen LogP contribution in [0, 0.1) is 23.7 Å². The largest absolute Gasteiger partial charge is 0.495 e. The Morgan fingerprint density at radius 2 is 0.840 bits per heavy atom. The maximum absolute atomic E-state index is 13.3. The number of hydrogen-bond donors (Lipinski definition) is 11. The minimum absolute atomic E-state index is 0. The number of aliphatic carboxylic acids is 1. The second-order valence-corrected chi connectivity index (χ2v) is 34.7. The molecule has 4 atom stereocenters. The Bertz CT molecular complexity index is 4480. The summed E-state index contributed by atoms with van der Waals surface area (Å²) >= 11 is 5.51. The number of nitrogens with zero attached hydrogens (tertiary/aromatic N) is 6. The molecule has 4 saturated carbocycles. The Morgan fingerprint density at radius 1 is 0.471 bits per heavy atom. The number of thiazole rings is 4. The molecule has 35 heteroatoms. The van der Waals surface area contributed by atoms with Crippen LogP contribution in [-0.2, 0) is 28.7 Å². The summed E-state index contributed by atoms with van der Waals surface area (Å²) in [7, 11) is 4.49. The number of anilines is 6. The quantitative estimate of drug-likeness (QED) is 0.0250. The number of aromatic carboxylic acids is 1. The van der Waals surface area contributed by atoms with E-state index in [9.17, 15) is 48.3 Å². The molecule has 4 aliphatic rings. The van der Waals surface area contributed by atoms with Crippen LogP contribution in [0.2, 0.25) is 0 Å². The van der Waals surface area contributed by atoms with Crippen LogP contribution in [0.4, 0.5) is 41.5 Å². The van der Waals surface area contributed by atoms with Gasteiger partial charge in [0, 0.05) is 46.3 Å². The van der Waals surface area contributed by atoms with Gasteiger partial charge in [0.05, 0.1) is 55.5 Å². The molecule has 4 unspecified atom stereocenters. The number of ether oxygens (including phenoxy) is 5. The van der Waals surface area contributed by atoms with Gasteiger partial charge in [-0.05, 0) is 127 Å². The molecule has 650 valence electrons. The first-order valence-corrected chi connectivity index (χ1v) is 43.3. The molecule has 14 N–H and O–H groups in total. The number of aromatic nitrogens is 6. The van der Waals surface area contributed by atoms with Gasteiger partial charge < -0.3 is 83.0 Å². The van der Waals surface area contributed by atoms with E-state index < -0.39 is 59.5 Å². The molecule has 31 nitrogen and oxygen atoms in total. The third kappa shape index (κ3) is 33.7. The average molecular weight is 1720 g/mol. The minimum Gasteiger partial charge on any atom is -0.495 e. The molecule has 0 bridgehead atoms. The van der Waals surface area contributed by atoms with Crippen molar-refractivity contribution in [3.8, 4) is 17.2 Å². The number of rotatable bonds is 24. The van der Waals surface area contributed by atoms with Gasteiger partial charge in [-0.3, -0.25) is 28.5 Å². The molecule has 12 rings (SSSR count).